The molecule has 0 spiro atoms. The molecule has 0 fully saturated rings. The van der Waals surface area contributed by atoms with Crippen molar-refractivity contribution < 1.29 is 0 Å². The minimum atomic E-state index is 0.408. The fourth-order valence-electron chi connectivity index (χ4n) is 2.47. The molecule has 3 aromatic rings. The molecule has 0 bridgehead atoms. The summed E-state index contributed by atoms with van der Waals surface area (Å²) in [4.78, 5) is 4.48. The van der Waals surface area contributed by atoms with E-state index >= 15 is 0 Å². The molecule has 0 atom stereocenters. The Morgan fingerprint density at radius 1 is 1.04 bits per heavy atom. The molecule has 128 valence electrons. The van der Waals surface area contributed by atoms with Gasteiger partial charge in [0.05, 0.1) is 6.20 Å². The Kier molecular flexibility index (Phi) is 5.14. The Labute approximate surface area is 152 Å². The number of benzene rings is 2. The van der Waals surface area contributed by atoms with Crippen molar-refractivity contribution in [3.63, 3.8) is 0 Å². The lowest BCUT2D eigenvalue weighted by molar-refractivity contribution is 0.868. The van der Waals surface area contributed by atoms with Gasteiger partial charge in [0.15, 0.2) is 5.82 Å². The molecule has 0 aliphatic heterocycles. The van der Waals surface area contributed by atoms with Gasteiger partial charge in [-0.3, -0.25) is 0 Å². The summed E-state index contributed by atoms with van der Waals surface area (Å²) in [6.45, 7) is 6.28. The molecule has 3 rings (SSSR count). The Morgan fingerprint density at radius 3 is 2.60 bits per heavy atom. The van der Waals surface area contributed by atoms with E-state index in [0.717, 1.165) is 16.9 Å². The highest BCUT2D eigenvalue weighted by Crippen LogP contribution is 2.26. The minimum Gasteiger partial charge on any atom is -0.339 e. The van der Waals surface area contributed by atoms with Crippen LogP contribution in [0.5, 0.6) is 0 Å². The highest BCUT2D eigenvalue weighted by atomic mass is 35.5. The van der Waals surface area contributed by atoms with E-state index in [9.17, 15) is 0 Å². The monoisotopic (exact) mass is 353 g/mol. The van der Waals surface area contributed by atoms with Crippen molar-refractivity contribution in [2.24, 2.45) is 0 Å². The SMILES string of the molecule is Cc1ccc(Nc2nncc(Nc3ccccc3C(C)C)n2)cc1Cl. The molecule has 2 aromatic carbocycles. The quantitative estimate of drug-likeness (QED) is 0.639. The molecule has 0 unspecified atom stereocenters. The molecular formula is C19H20ClN5. The van der Waals surface area contributed by atoms with Crippen molar-refractivity contribution >= 4 is 34.7 Å². The molecule has 0 radical (unpaired) electrons. The number of aromatic nitrogens is 3. The first-order valence-corrected chi connectivity index (χ1v) is 8.49. The molecule has 0 saturated carbocycles. The van der Waals surface area contributed by atoms with E-state index in [1.54, 1.807) is 6.20 Å². The molecule has 2 N–H and O–H groups in total. The Hall–Kier alpha value is -2.66. The second kappa shape index (κ2) is 7.49. The summed E-state index contributed by atoms with van der Waals surface area (Å²) < 4.78 is 0. The van der Waals surface area contributed by atoms with Gasteiger partial charge in [-0.25, -0.2) is 0 Å². The lowest BCUT2D eigenvalue weighted by Gasteiger charge is -2.14. The van der Waals surface area contributed by atoms with Gasteiger partial charge in [0.2, 0.25) is 5.95 Å². The number of hydrogen-bond acceptors (Lipinski definition) is 5. The normalized spacial score (nSPS) is 10.8. The third-order valence-electron chi connectivity index (χ3n) is 3.83. The smallest absolute Gasteiger partial charge is 0.249 e. The molecule has 1 heterocycles. The van der Waals surface area contributed by atoms with Crippen molar-refractivity contribution in [1.82, 2.24) is 15.2 Å². The van der Waals surface area contributed by atoms with Gasteiger partial charge in [-0.1, -0.05) is 49.7 Å². The van der Waals surface area contributed by atoms with E-state index in [1.165, 1.54) is 5.56 Å². The predicted molar refractivity (Wildman–Crippen MR) is 103 cm³/mol. The van der Waals surface area contributed by atoms with Gasteiger partial charge < -0.3 is 10.6 Å². The molecule has 0 aliphatic rings. The van der Waals surface area contributed by atoms with Gasteiger partial charge in [0, 0.05) is 16.4 Å². The molecule has 0 saturated heterocycles. The van der Waals surface area contributed by atoms with E-state index in [1.807, 2.05) is 43.3 Å². The van der Waals surface area contributed by atoms with E-state index in [-0.39, 0.29) is 0 Å². The van der Waals surface area contributed by atoms with Gasteiger partial charge >= 0.3 is 0 Å². The van der Waals surface area contributed by atoms with Crippen LogP contribution in [-0.2, 0) is 0 Å². The number of nitrogens with zero attached hydrogens (tertiary/aromatic N) is 3. The maximum atomic E-state index is 6.16. The van der Waals surface area contributed by atoms with Crippen molar-refractivity contribution in [3.8, 4) is 0 Å². The number of nitrogens with one attached hydrogen (secondary N) is 2. The van der Waals surface area contributed by atoms with E-state index in [0.29, 0.717) is 22.7 Å². The van der Waals surface area contributed by atoms with Crippen LogP contribution >= 0.6 is 11.6 Å². The van der Waals surface area contributed by atoms with E-state index < -0.39 is 0 Å². The number of halogens is 1. The van der Waals surface area contributed by atoms with Crippen LogP contribution in [0.1, 0.15) is 30.9 Å². The summed E-state index contributed by atoms with van der Waals surface area (Å²) in [6.07, 6.45) is 1.60. The second-order valence-electron chi connectivity index (χ2n) is 6.12. The van der Waals surface area contributed by atoms with Crippen molar-refractivity contribution in [1.29, 1.82) is 0 Å². The fourth-order valence-corrected chi connectivity index (χ4v) is 2.65. The van der Waals surface area contributed by atoms with Crippen LogP contribution in [0.15, 0.2) is 48.7 Å². The minimum absolute atomic E-state index is 0.408. The Balaban J connectivity index is 1.81. The highest BCUT2D eigenvalue weighted by molar-refractivity contribution is 6.31. The van der Waals surface area contributed by atoms with Crippen LogP contribution in [0, 0.1) is 6.92 Å². The van der Waals surface area contributed by atoms with Gasteiger partial charge in [-0.2, -0.15) is 10.1 Å². The predicted octanol–water partition coefficient (Wildman–Crippen LogP) is 5.44. The molecule has 6 heteroatoms. The third-order valence-corrected chi connectivity index (χ3v) is 4.24. The van der Waals surface area contributed by atoms with Gasteiger partial charge in [0.1, 0.15) is 0 Å². The highest BCUT2D eigenvalue weighted by Gasteiger charge is 2.08. The van der Waals surface area contributed by atoms with Crippen LogP contribution in [0.25, 0.3) is 0 Å². The zero-order valence-electron chi connectivity index (χ0n) is 14.4. The van der Waals surface area contributed by atoms with Crippen LogP contribution in [0.2, 0.25) is 5.02 Å². The first-order chi connectivity index (χ1) is 12.0. The average Bonchev–Trinajstić information content (AvgIpc) is 2.59. The summed E-state index contributed by atoms with van der Waals surface area (Å²) in [7, 11) is 0. The molecular weight excluding hydrogens is 334 g/mol. The Morgan fingerprint density at radius 2 is 1.84 bits per heavy atom. The number of rotatable bonds is 5. The van der Waals surface area contributed by atoms with Crippen LogP contribution in [-0.4, -0.2) is 15.2 Å². The summed E-state index contributed by atoms with van der Waals surface area (Å²) in [5.41, 5.74) is 4.08. The molecule has 25 heavy (non-hydrogen) atoms. The van der Waals surface area contributed by atoms with E-state index in [4.69, 9.17) is 11.6 Å². The second-order valence-corrected chi connectivity index (χ2v) is 6.53. The van der Waals surface area contributed by atoms with E-state index in [2.05, 4.69) is 45.7 Å². The fraction of sp³-hybridized carbons (Fsp3) is 0.211. The summed E-state index contributed by atoms with van der Waals surface area (Å²) in [5.74, 6) is 1.45. The third kappa shape index (κ3) is 4.25. The van der Waals surface area contributed by atoms with Crippen molar-refractivity contribution in [3.05, 3.63) is 64.8 Å². The van der Waals surface area contributed by atoms with Crippen LogP contribution < -0.4 is 10.6 Å². The van der Waals surface area contributed by atoms with Crippen molar-refractivity contribution in [2.45, 2.75) is 26.7 Å². The maximum absolute atomic E-state index is 6.16. The van der Waals surface area contributed by atoms with Gasteiger partial charge in [-0.15, -0.1) is 5.10 Å². The van der Waals surface area contributed by atoms with Gasteiger partial charge in [0.25, 0.3) is 0 Å². The molecule has 1 aromatic heterocycles. The molecule has 5 nitrogen and oxygen atoms in total. The van der Waals surface area contributed by atoms with Crippen LogP contribution in [0.3, 0.4) is 0 Å². The number of hydrogen-bond donors (Lipinski definition) is 2. The lowest BCUT2D eigenvalue weighted by Crippen LogP contribution is -2.04. The number of para-hydroxylation sites is 1. The first kappa shape index (κ1) is 17.2. The molecule has 0 aliphatic carbocycles. The largest absolute Gasteiger partial charge is 0.339 e. The summed E-state index contributed by atoms with van der Waals surface area (Å²) in [6, 6.07) is 13.9. The van der Waals surface area contributed by atoms with Crippen LogP contribution in [0.4, 0.5) is 23.1 Å². The molecule has 0 amide bonds. The first-order valence-electron chi connectivity index (χ1n) is 8.12. The number of aryl methyl sites for hydroxylation is 1. The van der Waals surface area contributed by atoms with Gasteiger partial charge in [-0.05, 0) is 42.2 Å². The summed E-state index contributed by atoms with van der Waals surface area (Å²) >= 11 is 6.16. The average molecular weight is 354 g/mol. The maximum Gasteiger partial charge on any atom is 0.249 e. The standard InChI is InChI=1S/C19H20ClN5/c1-12(2)15-6-4-5-7-17(15)23-18-11-21-25-19(24-18)22-14-9-8-13(3)16(20)10-14/h4-12H,1-3H3,(H2,22,23,24,25). The summed E-state index contributed by atoms with van der Waals surface area (Å²) in [5, 5.41) is 15.2. The Bertz CT molecular complexity index is 879. The lowest BCUT2D eigenvalue weighted by atomic mass is 10.0. The zero-order chi connectivity index (χ0) is 17.8. The topological polar surface area (TPSA) is 62.7 Å². The van der Waals surface area contributed by atoms with Crippen molar-refractivity contribution in [2.75, 3.05) is 10.6 Å². The zero-order valence-corrected chi connectivity index (χ0v) is 15.2. The number of anilines is 4.